The molecule has 0 aliphatic rings. The summed E-state index contributed by atoms with van der Waals surface area (Å²) in [6.07, 6.45) is 0. The molecule has 2 aromatic rings. The van der Waals surface area contributed by atoms with Crippen LogP contribution in [0.3, 0.4) is 0 Å². The van der Waals surface area contributed by atoms with Crippen LogP contribution in [-0.2, 0) is 4.79 Å². The summed E-state index contributed by atoms with van der Waals surface area (Å²) in [5, 5.41) is 11.9. The maximum absolute atomic E-state index is 12.2. The second-order valence-electron chi connectivity index (χ2n) is 5.13. The number of nitrogens with zero attached hydrogens (tertiary/aromatic N) is 1. The largest absolute Gasteiger partial charge is 0.480 e. The number of hydrogen-bond acceptors (Lipinski definition) is 2. The molecule has 2 rings (SSSR count). The van der Waals surface area contributed by atoms with Gasteiger partial charge in [-0.1, -0.05) is 17.7 Å². The molecular weight excluding hydrogens is 304 g/mol. The molecule has 0 saturated heterocycles. The Morgan fingerprint density at radius 1 is 1.27 bits per heavy atom. The van der Waals surface area contributed by atoms with Crippen LogP contribution in [0.1, 0.15) is 28.7 Å². The van der Waals surface area contributed by atoms with E-state index in [1.165, 1.54) is 6.92 Å². The molecule has 22 heavy (non-hydrogen) atoms. The van der Waals surface area contributed by atoms with Gasteiger partial charge in [0.1, 0.15) is 6.04 Å². The fourth-order valence-corrected chi connectivity index (χ4v) is 2.53. The van der Waals surface area contributed by atoms with Gasteiger partial charge in [0.2, 0.25) is 0 Å². The zero-order valence-electron chi connectivity index (χ0n) is 12.6. The van der Waals surface area contributed by atoms with E-state index in [2.05, 4.69) is 5.32 Å². The Balaban J connectivity index is 2.39. The molecular formula is C16H17ClN2O3. The average molecular weight is 321 g/mol. The van der Waals surface area contributed by atoms with Crippen molar-refractivity contribution in [3.05, 3.63) is 52.3 Å². The highest BCUT2D eigenvalue weighted by Gasteiger charge is 2.20. The van der Waals surface area contributed by atoms with Crippen LogP contribution in [0, 0.1) is 13.8 Å². The van der Waals surface area contributed by atoms with Crippen molar-refractivity contribution in [1.29, 1.82) is 0 Å². The van der Waals surface area contributed by atoms with Gasteiger partial charge >= 0.3 is 5.97 Å². The first-order chi connectivity index (χ1) is 10.3. The first-order valence-corrected chi connectivity index (χ1v) is 7.17. The van der Waals surface area contributed by atoms with Crippen LogP contribution < -0.4 is 5.32 Å². The molecule has 1 heterocycles. The number of aromatic nitrogens is 1. The Kier molecular flexibility index (Phi) is 4.56. The molecule has 1 aromatic carbocycles. The van der Waals surface area contributed by atoms with Gasteiger partial charge in [-0.05, 0) is 45.0 Å². The number of rotatable bonds is 4. The topological polar surface area (TPSA) is 71.3 Å². The summed E-state index contributed by atoms with van der Waals surface area (Å²) in [4.78, 5) is 23.1. The van der Waals surface area contributed by atoms with E-state index in [1.54, 1.807) is 12.1 Å². The third-order valence-electron chi connectivity index (χ3n) is 3.46. The Hall–Kier alpha value is -2.27. The number of carboxylic acid groups (broad SMARTS) is 1. The van der Waals surface area contributed by atoms with E-state index < -0.39 is 17.9 Å². The highest BCUT2D eigenvalue weighted by molar-refractivity contribution is 6.30. The van der Waals surface area contributed by atoms with Gasteiger partial charge in [0, 0.05) is 22.1 Å². The molecule has 0 unspecified atom stereocenters. The minimum Gasteiger partial charge on any atom is -0.480 e. The smallest absolute Gasteiger partial charge is 0.325 e. The molecule has 1 amide bonds. The molecule has 0 spiro atoms. The summed E-state index contributed by atoms with van der Waals surface area (Å²) in [7, 11) is 0. The molecule has 2 N–H and O–H groups in total. The van der Waals surface area contributed by atoms with E-state index in [0.29, 0.717) is 10.6 Å². The number of aryl methyl sites for hydroxylation is 1. The van der Waals surface area contributed by atoms with Crippen molar-refractivity contribution >= 4 is 23.5 Å². The van der Waals surface area contributed by atoms with Crippen LogP contribution in [0.5, 0.6) is 0 Å². The molecule has 0 aliphatic carbocycles. The van der Waals surface area contributed by atoms with Crippen LogP contribution in [-0.4, -0.2) is 27.6 Å². The molecule has 0 fully saturated rings. The first kappa shape index (κ1) is 16.1. The fourth-order valence-electron chi connectivity index (χ4n) is 2.34. The van der Waals surface area contributed by atoms with Crippen LogP contribution >= 0.6 is 11.6 Å². The minimum atomic E-state index is -1.07. The van der Waals surface area contributed by atoms with Crippen molar-refractivity contribution in [2.45, 2.75) is 26.8 Å². The SMILES string of the molecule is Cc1cc(C(=O)N[C@H](C)C(=O)O)c(C)n1-c1cccc(Cl)c1. The summed E-state index contributed by atoms with van der Waals surface area (Å²) >= 11 is 6.01. The van der Waals surface area contributed by atoms with Gasteiger partial charge in [-0.15, -0.1) is 0 Å². The van der Waals surface area contributed by atoms with E-state index in [4.69, 9.17) is 16.7 Å². The zero-order chi connectivity index (χ0) is 16.4. The van der Waals surface area contributed by atoms with E-state index in [0.717, 1.165) is 17.1 Å². The molecule has 5 nitrogen and oxygen atoms in total. The number of carboxylic acids is 1. The van der Waals surface area contributed by atoms with Crippen molar-refractivity contribution < 1.29 is 14.7 Å². The number of nitrogens with one attached hydrogen (secondary N) is 1. The standard InChI is InChI=1S/C16H17ClN2O3/c1-9-7-14(15(20)18-10(2)16(21)22)11(3)19(9)13-6-4-5-12(17)8-13/h4-8,10H,1-3H3,(H,18,20)(H,21,22)/t10-/m1/s1. The van der Waals surface area contributed by atoms with Gasteiger partial charge in [0.05, 0.1) is 5.56 Å². The average Bonchev–Trinajstić information content (AvgIpc) is 2.73. The first-order valence-electron chi connectivity index (χ1n) is 6.80. The summed E-state index contributed by atoms with van der Waals surface area (Å²) < 4.78 is 1.91. The van der Waals surface area contributed by atoms with Gasteiger partial charge in [-0.3, -0.25) is 9.59 Å². The molecule has 0 bridgehead atoms. The lowest BCUT2D eigenvalue weighted by molar-refractivity contribution is -0.138. The molecule has 0 saturated carbocycles. The summed E-state index contributed by atoms with van der Waals surface area (Å²) in [5.41, 5.74) is 2.90. The Bertz CT molecular complexity index is 737. The third kappa shape index (κ3) is 3.14. The van der Waals surface area contributed by atoms with Crippen molar-refractivity contribution in [1.82, 2.24) is 9.88 Å². The van der Waals surface area contributed by atoms with Crippen molar-refractivity contribution in [3.8, 4) is 5.69 Å². The predicted molar refractivity (Wildman–Crippen MR) is 84.8 cm³/mol. The van der Waals surface area contributed by atoms with Crippen molar-refractivity contribution in [3.63, 3.8) is 0 Å². The van der Waals surface area contributed by atoms with Crippen LogP contribution in [0.4, 0.5) is 0 Å². The number of hydrogen-bond donors (Lipinski definition) is 2. The number of carbonyl (C=O) groups is 2. The lowest BCUT2D eigenvalue weighted by Gasteiger charge is -2.11. The predicted octanol–water partition coefficient (Wildman–Crippen LogP) is 2.95. The lowest BCUT2D eigenvalue weighted by Crippen LogP contribution is -2.38. The number of halogens is 1. The molecule has 0 radical (unpaired) electrons. The number of carbonyl (C=O) groups excluding carboxylic acids is 1. The maximum Gasteiger partial charge on any atom is 0.325 e. The monoisotopic (exact) mass is 320 g/mol. The Morgan fingerprint density at radius 2 is 1.95 bits per heavy atom. The van der Waals surface area contributed by atoms with Gasteiger partial charge in [-0.2, -0.15) is 0 Å². The summed E-state index contributed by atoms with van der Waals surface area (Å²) in [6.45, 7) is 5.12. The molecule has 1 aromatic heterocycles. The number of aliphatic carboxylic acids is 1. The van der Waals surface area contributed by atoms with E-state index in [1.807, 2.05) is 36.6 Å². The maximum atomic E-state index is 12.2. The fraction of sp³-hybridized carbons (Fsp3) is 0.250. The zero-order valence-corrected chi connectivity index (χ0v) is 13.3. The second-order valence-corrected chi connectivity index (χ2v) is 5.57. The van der Waals surface area contributed by atoms with Gasteiger partial charge < -0.3 is 15.0 Å². The van der Waals surface area contributed by atoms with Crippen molar-refractivity contribution in [2.24, 2.45) is 0 Å². The van der Waals surface area contributed by atoms with E-state index in [9.17, 15) is 9.59 Å². The molecule has 6 heteroatoms. The van der Waals surface area contributed by atoms with E-state index >= 15 is 0 Å². The normalized spacial score (nSPS) is 12.0. The minimum absolute atomic E-state index is 0.406. The highest BCUT2D eigenvalue weighted by Crippen LogP contribution is 2.23. The van der Waals surface area contributed by atoms with Crippen LogP contribution in [0.2, 0.25) is 5.02 Å². The molecule has 116 valence electrons. The highest BCUT2D eigenvalue weighted by atomic mass is 35.5. The molecule has 0 aliphatic heterocycles. The quantitative estimate of drug-likeness (QED) is 0.909. The van der Waals surface area contributed by atoms with Crippen molar-refractivity contribution in [2.75, 3.05) is 0 Å². The lowest BCUT2D eigenvalue weighted by atomic mass is 10.2. The van der Waals surface area contributed by atoms with Gasteiger partial charge in [-0.25, -0.2) is 0 Å². The van der Waals surface area contributed by atoms with E-state index in [-0.39, 0.29) is 0 Å². The summed E-state index contributed by atoms with van der Waals surface area (Å²) in [5.74, 6) is -1.48. The van der Waals surface area contributed by atoms with Gasteiger partial charge in [0.25, 0.3) is 5.91 Å². The number of amides is 1. The van der Waals surface area contributed by atoms with Gasteiger partial charge in [0.15, 0.2) is 0 Å². The third-order valence-corrected chi connectivity index (χ3v) is 3.70. The molecule has 1 atom stereocenters. The Morgan fingerprint density at radius 3 is 2.55 bits per heavy atom. The number of benzene rings is 1. The summed E-state index contributed by atoms with van der Waals surface area (Å²) in [6, 6.07) is 8.11. The Labute approximate surface area is 133 Å². The van der Waals surface area contributed by atoms with Crippen LogP contribution in [0.15, 0.2) is 30.3 Å². The second kappa shape index (κ2) is 6.23. The van der Waals surface area contributed by atoms with Crippen LogP contribution in [0.25, 0.3) is 5.69 Å².